The molecule has 1 fully saturated rings. The van der Waals surface area contributed by atoms with Gasteiger partial charge in [0.15, 0.2) is 5.54 Å². The molecule has 1 aromatic heterocycles. The van der Waals surface area contributed by atoms with E-state index in [2.05, 4.69) is 16.4 Å². The zero-order valence-electron chi connectivity index (χ0n) is 18.8. The van der Waals surface area contributed by atoms with E-state index >= 15 is 0 Å². The van der Waals surface area contributed by atoms with Gasteiger partial charge in [0.25, 0.3) is 11.8 Å². The Morgan fingerprint density at radius 2 is 1.59 bits per heavy atom. The standard InChI is InChI=1S/C29H25N3O2/c33-27-19-12-4-7-15-22(19)29(28(34)30-18-10-2-1-3-11-18)26-25(20-13-5-8-16-23(20)31-26)21-14-6-9-17-24(21)32(27)29/h4-9,12-18,31H,1-3,10-11H2,(H,30,34). The van der Waals surface area contributed by atoms with Gasteiger partial charge in [0.05, 0.1) is 11.4 Å². The minimum Gasteiger partial charge on any atom is -0.355 e. The normalized spacial score (nSPS) is 21.1. The Morgan fingerprint density at radius 1 is 0.882 bits per heavy atom. The van der Waals surface area contributed by atoms with E-state index in [9.17, 15) is 9.59 Å². The number of H-pyrrole nitrogens is 1. The van der Waals surface area contributed by atoms with E-state index in [0.29, 0.717) is 5.56 Å². The lowest BCUT2D eigenvalue weighted by molar-refractivity contribution is -0.126. The maximum atomic E-state index is 14.5. The van der Waals surface area contributed by atoms with Crippen molar-refractivity contribution in [2.24, 2.45) is 0 Å². The Hall–Kier alpha value is -3.86. The summed E-state index contributed by atoms with van der Waals surface area (Å²) in [6.45, 7) is 0. The van der Waals surface area contributed by atoms with Crippen molar-refractivity contribution in [3.8, 4) is 11.1 Å². The van der Waals surface area contributed by atoms with Crippen LogP contribution in [0.15, 0.2) is 72.8 Å². The molecule has 1 aliphatic carbocycles. The first-order valence-corrected chi connectivity index (χ1v) is 12.2. The average Bonchev–Trinajstić information content (AvgIpc) is 3.40. The molecule has 0 spiro atoms. The minimum atomic E-state index is -1.27. The SMILES string of the molecule is O=C1c2ccccc2C2(C(=O)NC3CCCCC3)c3[nH]c4ccccc4c3-c3ccccc3N12. The number of amides is 2. The van der Waals surface area contributed by atoms with Crippen LogP contribution in [0.3, 0.4) is 0 Å². The fourth-order valence-corrected chi connectivity index (χ4v) is 6.36. The second-order valence-corrected chi connectivity index (χ2v) is 9.64. The van der Waals surface area contributed by atoms with Gasteiger partial charge in [-0.3, -0.25) is 14.5 Å². The van der Waals surface area contributed by atoms with Crippen LogP contribution in [-0.4, -0.2) is 22.8 Å². The Labute approximate surface area is 197 Å². The summed E-state index contributed by atoms with van der Waals surface area (Å²) in [7, 11) is 0. The number of aromatic nitrogens is 1. The fraction of sp³-hybridized carbons (Fsp3) is 0.241. The molecule has 7 rings (SSSR count). The quantitative estimate of drug-likeness (QED) is 0.426. The summed E-state index contributed by atoms with van der Waals surface area (Å²) >= 11 is 0. The molecule has 2 amide bonds. The van der Waals surface area contributed by atoms with Crippen LogP contribution in [0.4, 0.5) is 5.69 Å². The number of nitrogens with one attached hydrogen (secondary N) is 2. The molecule has 0 saturated heterocycles. The van der Waals surface area contributed by atoms with Crippen LogP contribution >= 0.6 is 0 Å². The number of hydrogen-bond acceptors (Lipinski definition) is 2. The molecule has 1 saturated carbocycles. The number of carbonyl (C=O) groups is 2. The summed E-state index contributed by atoms with van der Waals surface area (Å²) in [5.41, 5.74) is 4.55. The maximum Gasteiger partial charge on any atom is 0.260 e. The van der Waals surface area contributed by atoms with E-state index in [1.54, 1.807) is 4.90 Å². The van der Waals surface area contributed by atoms with E-state index in [-0.39, 0.29) is 17.9 Å². The van der Waals surface area contributed by atoms with E-state index < -0.39 is 5.54 Å². The monoisotopic (exact) mass is 447 g/mol. The second-order valence-electron chi connectivity index (χ2n) is 9.64. The molecule has 1 unspecified atom stereocenters. The van der Waals surface area contributed by atoms with E-state index in [1.807, 2.05) is 66.7 Å². The predicted molar refractivity (Wildman–Crippen MR) is 133 cm³/mol. The first kappa shape index (κ1) is 19.6. The van der Waals surface area contributed by atoms with Gasteiger partial charge in [-0.15, -0.1) is 0 Å². The Morgan fingerprint density at radius 3 is 2.44 bits per heavy atom. The molecule has 1 atom stereocenters. The van der Waals surface area contributed by atoms with Crippen LogP contribution in [-0.2, 0) is 10.3 Å². The first-order valence-electron chi connectivity index (χ1n) is 12.2. The summed E-state index contributed by atoms with van der Waals surface area (Å²) in [5.74, 6) is -0.258. The molecule has 2 N–H and O–H groups in total. The number of aromatic amines is 1. The summed E-state index contributed by atoms with van der Waals surface area (Å²) in [4.78, 5) is 33.8. The van der Waals surface area contributed by atoms with Gasteiger partial charge >= 0.3 is 0 Å². The van der Waals surface area contributed by atoms with Gasteiger partial charge in [-0.1, -0.05) is 73.9 Å². The first-order chi connectivity index (χ1) is 16.7. The third-order valence-corrected chi connectivity index (χ3v) is 7.84. The van der Waals surface area contributed by atoms with Crippen molar-refractivity contribution >= 4 is 28.4 Å². The molecule has 4 aromatic rings. The zero-order chi connectivity index (χ0) is 22.9. The Kier molecular flexibility index (Phi) is 4.07. The number of anilines is 1. The molecular formula is C29H25N3O2. The molecule has 5 heteroatoms. The van der Waals surface area contributed by atoms with E-state index in [0.717, 1.165) is 64.7 Å². The Bertz CT molecular complexity index is 1480. The highest BCUT2D eigenvalue weighted by Crippen LogP contribution is 2.56. The smallest absolute Gasteiger partial charge is 0.260 e. The number of fused-ring (bicyclic) bond motifs is 10. The van der Waals surface area contributed by atoms with Crippen LogP contribution in [0.5, 0.6) is 0 Å². The number of benzene rings is 3. The van der Waals surface area contributed by atoms with Gasteiger partial charge in [-0.25, -0.2) is 0 Å². The van der Waals surface area contributed by atoms with Gasteiger partial charge in [0.2, 0.25) is 0 Å². The van der Waals surface area contributed by atoms with Crippen molar-refractivity contribution in [1.29, 1.82) is 0 Å². The molecule has 0 radical (unpaired) electrons. The van der Waals surface area contributed by atoms with Crippen molar-refractivity contribution in [1.82, 2.24) is 10.3 Å². The molecule has 34 heavy (non-hydrogen) atoms. The van der Waals surface area contributed by atoms with Gasteiger partial charge in [-0.2, -0.15) is 0 Å². The number of nitrogens with zero attached hydrogens (tertiary/aromatic N) is 1. The number of para-hydroxylation sites is 2. The van der Waals surface area contributed by atoms with Gasteiger partial charge < -0.3 is 10.3 Å². The van der Waals surface area contributed by atoms with Crippen LogP contribution in [0.2, 0.25) is 0 Å². The van der Waals surface area contributed by atoms with Crippen molar-refractivity contribution in [3.63, 3.8) is 0 Å². The lowest BCUT2D eigenvalue weighted by Crippen LogP contribution is -2.59. The van der Waals surface area contributed by atoms with Gasteiger partial charge in [0.1, 0.15) is 0 Å². The molecule has 3 aliphatic rings. The fourth-order valence-electron chi connectivity index (χ4n) is 6.36. The van der Waals surface area contributed by atoms with E-state index in [1.165, 1.54) is 6.42 Å². The highest BCUT2D eigenvalue weighted by Gasteiger charge is 2.61. The van der Waals surface area contributed by atoms with E-state index in [4.69, 9.17) is 0 Å². The van der Waals surface area contributed by atoms with Crippen LogP contribution in [0, 0.1) is 0 Å². The predicted octanol–water partition coefficient (Wildman–Crippen LogP) is 5.50. The van der Waals surface area contributed by atoms with Crippen molar-refractivity contribution in [2.75, 3.05) is 4.90 Å². The highest BCUT2D eigenvalue weighted by molar-refractivity contribution is 6.24. The molecule has 3 heterocycles. The van der Waals surface area contributed by atoms with Crippen LogP contribution < -0.4 is 10.2 Å². The number of rotatable bonds is 2. The molecule has 5 nitrogen and oxygen atoms in total. The van der Waals surface area contributed by atoms with Crippen LogP contribution in [0.25, 0.3) is 22.0 Å². The van der Waals surface area contributed by atoms with Crippen molar-refractivity contribution in [3.05, 3.63) is 89.6 Å². The van der Waals surface area contributed by atoms with Gasteiger partial charge in [-0.05, 0) is 31.0 Å². The average molecular weight is 448 g/mol. The molecule has 168 valence electrons. The van der Waals surface area contributed by atoms with Crippen molar-refractivity contribution in [2.45, 2.75) is 43.7 Å². The van der Waals surface area contributed by atoms with Gasteiger partial charge in [0, 0.05) is 39.2 Å². The van der Waals surface area contributed by atoms with Crippen molar-refractivity contribution < 1.29 is 9.59 Å². The number of carbonyl (C=O) groups excluding carboxylic acids is 2. The Balaban J connectivity index is 1.57. The topological polar surface area (TPSA) is 65.2 Å². The lowest BCUT2D eigenvalue weighted by Gasteiger charge is -2.43. The van der Waals surface area contributed by atoms with Crippen LogP contribution in [0.1, 0.15) is 53.7 Å². The molecule has 2 aliphatic heterocycles. The lowest BCUT2D eigenvalue weighted by atomic mass is 9.78. The molecular weight excluding hydrogens is 422 g/mol. The third kappa shape index (κ3) is 2.39. The zero-order valence-corrected chi connectivity index (χ0v) is 18.8. The molecule has 3 aromatic carbocycles. The maximum absolute atomic E-state index is 14.5. The molecule has 0 bridgehead atoms. The summed E-state index contributed by atoms with van der Waals surface area (Å²) in [5, 5.41) is 4.44. The summed E-state index contributed by atoms with van der Waals surface area (Å²) in [6, 6.07) is 23.8. The second kappa shape index (κ2) is 7.07. The largest absolute Gasteiger partial charge is 0.355 e. The third-order valence-electron chi connectivity index (χ3n) is 7.84. The minimum absolute atomic E-state index is 0.125. The highest BCUT2D eigenvalue weighted by atomic mass is 16.2. The summed E-state index contributed by atoms with van der Waals surface area (Å²) in [6.07, 6.45) is 5.42. The number of hydrogen-bond donors (Lipinski definition) is 2. The summed E-state index contributed by atoms with van der Waals surface area (Å²) < 4.78 is 0.